The van der Waals surface area contributed by atoms with Crippen molar-refractivity contribution < 1.29 is 0 Å². The Labute approximate surface area is 78.9 Å². The van der Waals surface area contributed by atoms with Crippen molar-refractivity contribution in [3.63, 3.8) is 0 Å². The molecule has 0 spiro atoms. The Balaban J connectivity index is 2.39. The van der Waals surface area contributed by atoms with E-state index in [-0.39, 0.29) is 6.04 Å². The summed E-state index contributed by atoms with van der Waals surface area (Å²) in [5.74, 6) is 0.782. The van der Waals surface area contributed by atoms with E-state index in [9.17, 15) is 0 Å². The molecule has 1 rings (SSSR count). The molecule has 74 valence electrons. The standard InChI is InChI=1S/C9H18N4/c1-9(2,3)5-4-7(10)8-11-6-12-13-8/h6-7H,4-5,10H2,1-3H3,(H,11,12,13)/t7-/m0/s1. The maximum Gasteiger partial charge on any atom is 0.141 e. The number of nitrogens with one attached hydrogen (secondary N) is 1. The van der Waals surface area contributed by atoms with Crippen LogP contribution in [0.5, 0.6) is 0 Å². The predicted molar refractivity (Wildman–Crippen MR) is 52.0 cm³/mol. The van der Waals surface area contributed by atoms with Gasteiger partial charge in [-0.2, -0.15) is 5.10 Å². The van der Waals surface area contributed by atoms with E-state index in [2.05, 4.69) is 36.0 Å². The minimum Gasteiger partial charge on any atom is -0.321 e. The molecule has 1 heterocycles. The Morgan fingerprint density at radius 1 is 1.54 bits per heavy atom. The molecule has 13 heavy (non-hydrogen) atoms. The lowest BCUT2D eigenvalue weighted by Crippen LogP contribution is -2.15. The second kappa shape index (κ2) is 3.87. The smallest absolute Gasteiger partial charge is 0.141 e. The summed E-state index contributed by atoms with van der Waals surface area (Å²) in [6.07, 6.45) is 3.53. The summed E-state index contributed by atoms with van der Waals surface area (Å²) in [4.78, 5) is 4.03. The van der Waals surface area contributed by atoms with Crippen molar-refractivity contribution in [3.05, 3.63) is 12.2 Å². The molecule has 3 N–H and O–H groups in total. The highest BCUT2D eigenvalue weighted by Gasteiger charge is 2.15. The van der Waals surface area contributed by atoms with Crippen LogP contribution < -0.4 is 5.73 Å². The van der Waals surface area contributed by atoms with Gasteiger partial charge in [0.1, 0.15) is 12.2 Å². The summed E-state index contributed by atoms with van der Waals surface area (Å²) in [5.41, 5.74) is 6.24. The monoisotopic (exact) mass is 182 g/mol. The molecule has 4 nitrogen and oxygen atoms in total. The van der Waals surface area contributed by atoms with Gasteiger partial charge in [0, 0.05) is 0 Å². The van der Waals surface area contributed by atoms with E-state index in [4.69, 9.17) is 5.73 Å². The predicted octanol–water partition coefficient (Wildman–Crippen LogP) is 1.63. The lowest BCUT2D eigenvalue weighted by Gasteiger charge is -2.19. The molecule has 0 aliphatic carbocycles. The number of nitrogens with two attached hydrogens (primary N) is 1. The highest BCUT2D eigenvalue weighted by Crippen LogP contribution is 2.24. The van der Waals surface area contributed by atoms with Gasteiger partial charge < -0.3 is 5.73 Å². The molecule has 0 amide bonds. The van der Waals surface area contributed by atoms with E-state index in [0.29, 0.717) is 5.41 Å². The highest BCUT2D eigenvalue weighted by molar-refractivity contribution is 4.89. The Morgan fingerprint density at radius 2 is 2.23 bits per heavy atom. The van der Waals surface area contributed by atoms with Crippen molar-refractivity contribution in [3.8, 4) is 0 Å². The fourth-order valence-corrected chi connectivity index (χ4v) is 1.12. The fraction of sp³-hybridized carbons (Fsp3) is 0.778. The number of nitrogens with zero attached hydrogens (tertiary/aromatic N) is 2. The van der Waals surface area contributed by atoms with Crippen LogP contribution in [0.1, 0.15) is 45.5 Å². The lowest BCUT2D eigenvalue weighted by molar-refractivity contribution is 0.347. The quantitative estimate of drug-likeness (QED) is 0.746. The number of rotatable bonds is 3. The minimum absolute atomic E-state index is 0.0123. The zero-order valence-corrected chi connectivity index (χ0v) is 8.54. The highest BCUT2D eigenvalue weighted by atomic mass is 15.2. The second-order valence-corrected chi connectivity index (χ2v) is 4.58. The van der Waals surface area contributed by atoms with Gasteiger partial charge in [-0.15, -0.1) is 0 Å². The van der Waals surface area contributed by atoms with Gasteiger partial charge >= 0.3 is 0 Å². The van der Waals surface area contributed by atoms with Gasteiger partial charge in [0.15, 0.2) is 0 Å². The maximum atomic E-state index is 5.91. The molecule has 0 saturated heterocycles. The third-order valence-corrected chi connectivity index (χ3v) is 1.99. The van der Waals surface area contributed by atoms with Crippen molar-refractivity contribution in [2.24, 2.45) is 11.1 Å². The number of H-pyrrole nitrogens is 1. The summed E-state index contributed by atoms with van der Waals surface area (Å²) in [7, 11) is 0. The SMILES string of the molecule is CC(C)(C)CC[C@H](N)c1ncn[nH]1. The van der Waals surface area contributed by atoms with Crippen LogP contribution in [0.3, 0.4) is 0 Å². The fourth-order valence-electron chi connectivity index (χ4n) is 1.12. The van der Waals surface area contributed by atoms with Crippen LogP contribution >= 0.6 is 0 Å². The average Bonchev–Trinajstić information content (AvgIpc) is 2.50. The van der Waals surface area contributed by atoms with E-state index in [0.717, 1.165) is 18.7 Å². The first kappa shape index (κ1) is 10.2. The Kier molecular flexibility index (Phi) is 3.03. The van der Waals surface area contributed by atoms with Gasteiger partial charge in [0.05, 0.1) is 6.04 Å². The topological polar surface area (TPSA) is 67.6 Å². The van der Waals surface area contributed by atoms with E-state index in [1.54, 1.807) is 0 Å². The molecule has 1 atom stereocenters. The molecule has 1 aromatic heterocycles. The zero-order valence-electron chi connectivity index (χ0n) is 8.54. The molecule has 0 aliphatic rings. The third-order valence-electron chi connectivity index (χ3n) is 1.99. The number of hydrogen-bond acceptors (Lipinski definition) is 3. The molecule has 0 fully saturated rings. The number of hydrogen-bond donors (Lipinski definition) is 2. The van der Waals surface area contributed by atoms with Crippen LogP contribution in [-0.2, 0) is 0 Å². The van der Waals surface area contributed by atoms with Crippen LogP contribution in [0.25, 0.3) is 0 Å². The van der Waals surface area contributed by atoms with Gasteiger partial charge in [-0.1, -0.05) is 20.8 Å². The van der Waals surface area contributed by atoms with Gasteiger partial charge in [0.25, 0.3) is 0 Å². The van der Waals surface area contributed by atoms with Crippen molar-refractivity contribution in [2.75, 3.05) is 0 Å². The lowest BCUT2D eigenvalue weighted by atomic mass is 9.89. The van der Waals surface area contributed by atoms with Gasteiger partial charge in [-0.3, -0.25) is 5.10 Å². The molecule has 0 bridgehead atoms. The molecular weight excluding hydrogens is 164 g/mol. The zero-order chi connectivity index (χ0) is 9.90. The summed E-state index contributed by atoms with van der Waals surface area (Å²) in [6, 6.07) is -0.0123. The summed E-state index contributed by atoms with van der Waals surface area (Å²) in [6.45, 7) is 6.63. The average molecular weight is 182 g/mol. The Bertz CT molecular complexity index is 235. The van der Waals surface area contributed by atoms with Crippen molar-refractivity contribution in [1.29, 1.82) is 0 Å². The van der Waals surface area contributed by atoms with Gasteiger partial charge in [0.2, 0.25) is 0 Å². The molecule has 1 aromatic rings. The normalized spacial score (nSPS) is 14.5. The summed E-state index contributed by atoms with van der Waals surface area (Å²) >= 11 is 0. The van der Waals surface area contributed by atoms with Gasteiger partial charge in [-0.05, 0) is 18.3 Å². The second-order valence-electron chi connectivity index (χ2n) is 4.58. The molecule has 0 unspecified atom stereocenters. The molecule has 4 heteroatoms. The number of aromatic nitrogens is 3. The summed E-state index contributed by atoms with van der Waals surface area (Å²) < 4.78 is 0. The third kappa shape index (κ3) is 3.55. The minimum atomic E-state index is -0.0123. The van der Waals surface area contributed by atoms with E-state index >= 15 is 0 Å². The molecular formula is C9H18N4. The van der Waals surface area contributed by atoms with Crippen LogP contribution in [0.2, 0.25) is 0 Å². The van der Waals surface area contributed by atoms with Gasteiger partial charge in [-0.25, -0.2) is 4.98 Å². The van der Waals surface area contributed by atoms with E-state index in [1.165, 1.54) is 6.33 Å². The molecule has 0 aliphatic heterocycles. The first-order valence-electron chi connectivity index (χ1n) is 4.60. The number of aromatic amines is 1. The van der Waals surface area contributed by atoms with Crippen LogP contribution in [0.4, 0.5) is 0 Å². The van der Waals surface area contributed by atoms with Crippen molar-refractivity contribution >= 4 is 0 Å². The molecule has 0 radical (unpaired) electrons. The molecule has 0 saturated carbocycles. The van der Waals surface area contributed by atoms with E-state index < -0.39 is 0 Å². The van der Waals surface area contributed by atoms with E-state index in [1.807, 2.05) is 0 Å². The van der Waals surface area contributed by atoms with Crippen molar-refractivity contribution in [2.45, 2.75) is 39.7 Å². The van der Waals surface area contributed by atoms with Crippen LogP contribution in [0, 0.1) is 5.41 Å². The maximum absolute atomic E-state index is 5.91. The summed E-state index contributed by atoms with van der Waals surface area (Å²) in [5, 5.41) is 6.56. The molecule has 0 aromatic carbocycles. The van der Waals surface area contributed by atoms with Crippen molar-refractivity contribution in [1.82, 2.24) is 15.2 Å². The van der Waals surface area contributed by atoms with Crippen LogP contribution in [0.15, 0.2) is 6.33 Å². The first-order valence-corrected chi connectivity index (χ1v) is 4.60. The first-order chi connectivity index (χ1) is 5.99. The largest absolute Gasteiger partial charge is 0.321 e. The Hall–Kier alpha value is -0.900. The Morgan fingerprint density at radius 3 is 2.69 bits per heavy atom. The van der Waals surface area contributed by atoms with Crippen LogP contribution in [-0.4, -0.2) is 15.2 Å².